The Balaban J connectivity index is 2.00. The minimum Gasteiger partial charge on any atom is -0.325 e. The summed E-state index contributed by atoms with van der Waals surface area (Å²) in [5.74, 6) is 1.22. The first kappa shape index (κ1) is 12.9. The number of hydrogen-bond donors (Lipinski definition) is 1. The molecule has 0 bridgehead atoms. The molecule has 0 aliphatic carbocycles. The molecule has 0 spiro atoms. The number of hydrogen-bond acceptors (Lipinski definition) is 4. The fourth-order valence-electron chi connectivity index (χ4n) is 2.25. The summed E-state index contributed by atoms with van der Waals surface area (Å²) in [5, 5.41) is 0. The summed E-state index contributed by atoms with van der Waals surface area (Å²) in [4.78, 5) is 6.75. The standard InChI is InChI=1S/C13H21N3S/c1-13(2)10-16(5-6-17-13)9-11-3-4-15-12(7-11)8-14/h3-4,7H,5-6,8-10,14H2,1-2H3. The van der Waals surface area contributed by atoms with Gasteiger partial charge >= 0.3 is 0 Å². The van der Waals surface area contributed by atoms with Crippen molar-refractivity contribution in [1.82, 2.24) is 9.88 Å². The Labute approximate surface area is 108 Å². The molecule has 0 radical (unpaired) electrons. The molecule has 3 nitrogen and oxygen atoms in total. The molecule has 0 unspecified atom stereocenters. The molecular formula is C13H21N3S. The monoisotopic (exact) mass is 251 g/mol. The molecule has 1 aliphatic rings. The van der Waals surface area contributed by atoms with Crippen LogP contribution in [0.1, 0.15) is 25.1 Å². The number of aromatic nitrogens is 1. The Morgan fingerprint density at radius 3 is 3.06 bits per heavy atom. The molecule has 0 saturated carbocycles. The van der Waals surface area contributed by atoms with Crippen molar-refractivity contribution in [1.29, 1.82) is 0 Å². The number of rotatable bonds is 3. The van der Waals surface area contributed by atoms with Gasteiger partial charge in [0.05, 0.1) is 5.69 Å². The maximum absolute atomic E-state index is 5.62. The van der Waals surface area contributed by atoms with Gasteiger partial charge in [-0.05, 0) is 31.5 Å². The first-order valence-corrected chi connectivity index (χ1v) is 7.08. The lowest BCUT2D eigenvalue weighted by atomic mass is 10.1. The maximum atomic E-state index is 5.62. The van der Waals surface area contributed by atoms with Crippen LogP contribution in [0.3, 0.4) is 0 Å². The zero-order valence-electron chi connectivity index (χ0n) is 10.6. The second-order valence-electron chi connectivity index (χ2n) is 5.18. The normalized spacial score (nSPS) is 20.4. The molecule has 4 heteroatoms. The van der Waals surface area contributed by atoms with Crippen LogP contribution in [0.2, 0.25) is 0 Å². The number of pyridine rings is 1. The van der Waals surface area contributed by atoms with Gasteiger partial charge in [-0.1, -0.05) is 0 Å². The van der Waals surface area contributed by atoms with Crippen LogP contribution >= 0.6 is 11.8 Å². The van der Waals surface area contributed by atoms with Gasteiger partial charge < -0.3 is 5.73 Å². The zero-order valence-corrected chi connectivity index (χ0v) is 11.5. The van der Waals surface area contributed by atoms with E-state index < -0.39 is 0 Å². The van der Waals surface area contributed by atoms with Gasteiger partial charge in [-0.3, -0.25) is 9.88 Å². The Morgan fingerprint density at radius 2 is 2.35 bits per heavy atom. The molecule has 2 rings (SSSR count). The quantitative estimate of drug-likeness (QED) is 0.890. The van der Waals surface area contributed by atoms with Gasteiger partial charge in [-0.2, -0.15) is 11.8 Å². The summed E-state index contributed by atoms with van der Waals surface area (Å²) in [6, 6.07) is 4.21. The maximum Gasteiger partial charge on any atom is 0.0542 e. The van der Waals surface area contributed by atoms with Crippen LogP contribution < -0.4 is 5.73 Å². The van der Waals surface area contributed by atoms with Crippen molar-refractivity contribution >= 4 is 11.8 Å². The Morgan fingerprint density at radius 1 is 1.53 bits per heavy atom. The Bertz CT molecular complexity index is 379. The van der Waals surface area contributed by atoms with Gasteiger partial charge in [0.2, 0.25) is 0 Å². The highest BCUT2D eigenvalue weighted by Gasteiger charge is 2.26. The van der Waals surface area contributed by atoms with Crippen molar-refractivity contribution in [3.05, 3.63) is 29.6 Å². The Kier molecular flexibility index (Phi) is 4.07. The second-order valence-corrected chi connectivity index (χ2v) is 6.98. The average Bonchev–Trinajstić information content (AvgIpc) is 2.28. The third-order valence-electron chi connectivity index (χ3n) is 3.00. The summed E-state index contributed by atoms with van der Waals surface area (Å²) in [7, 11) is 0. The first-order valence-electron chi connectivity index (χ1n) is 6.09. The molecule has 1 saturated heterocycles. The van der Waals surface area contributed by atoms with E-state index in [9.17, 15) is 0 Å². The molecule has 0 amide bonds. The highest BCUT2D eigenvalue weighted by Crippen LogP contribution is 2.30. The van der Waals surface area contributed by atoms with E-state index in [1.165, 1.54) is 17.9 Å². The van der Waals surface area contributed by atoms with Gasteiger partial charge in [-0.15, -0.1) is 0 Å². The summed E-state index contributed by atoms with van der Waals surface area (Å²) in [6.45, 7) is 8.50. The van der Waals surface area contributed by atoms with Crippen molar-refractivity contribution in [2.24, 2.45) is 5.73 Å². The molecule has 1 aromatic heterocycles. The van der Waals surface area contributed by atoms with Crippen molar-refractivity contribution < 1.29 is 0 Å². The molecule has 2 N–H and O–H groups in total. The van der Waals surface area contributed by atoms with Crippen LogP contribution in [0.5, 0.6) is 0 Å². The molecule has 1 aliphatic heterocycles. The molecular weight excluding hydrogens is 230 g/mol. The second kappa shape index (κ2) is 5.38. The average molecular weight is 251 g/mol. The molecule has 2 heterocycles. The minimum absolute atomic E-state index is 0.377. The van der Waals surface area contributed by atoms with Crippen LogP contribution in [0.4, 0.5) is 0 Å². The topological polar surface area (TPSA) is 42.2 Å². The van der Waals surface area contributed by atoms with Crippen molar-refractivity contribution in [2.75, 3.05) is 18.8 Å². The van der Waals surface area contributed by atoms with Gasteiger partial charge in [0, 0.05) is 42.9 Å². The van der Waals surface area contributed by atoms with Crippen LogP contribution in [0, 0.1) is 0 Å². The lowest BCUT2D eigenvalue weighted by molar-refractivity contribution is 0.252. The molecule has 17 heavy (non-hydrogen) atoms. The molecule has 0 aromatic carbocycles. The van der Waals surface area contributed by atoms with E-state index in [2.05, 4.69) is 47.6 Å². The number of nitrogens with zero attached hydrogens (tertiary/aromatic N) is 2. The van der Waals surface area contributed by atoms with Crippen LogP contribution in [-0.4, -0.2) is 33.5 Å². The molecule has 1 fully saturated rings. The van der Waals surface area contributed by atoms with E-state index >= 15 is 0 Å². The van der Waals surface area contributed by atoms with Crippen LogP contribution in [-0.2, 0) is 13.1 Å². The third-order valence-corrected chi connectivity index (χ3v) is 4.30. The van der Waals surface area contributed by atoms with Gasteiger partial charge in [0.25, 0.3) is 0 Å². The van der Waals surface area contributed by atoms with E-state index in [1.54, 1.807) is 0 Å². The van der Waals surface area contributed by atoms with Crippen molar-refractivity contribution in [3.8, 4) is 0 Å². The summed E-state index contributed by atoms with van der Waals surface area (Å²) < 4.78 is 0.377. The zero-order chi connectivity index (χ0) is 12.3. The van der Waals surface area contributed by atoms with E-state index in [1.807, 2.05) is 6.20 Å². The summed E-state index contributed by atoms with van der Waals surface area (Å²) in [5.41, 5.74) is 7.92. The predicted molar refractivity (Wildman–Crippen MR) is 73.9 cm³/mol. The Hall–Kier alpha value is -0.580. The van der Waals surface area contributed by atoms with Crippen molar-refractivity contribution in [2.45, 2.75) is 31.7 Å². The minimum atomic E-state index is 0.377. The molecule has 0 atom stereocenters. The van der Waals surface area contributed by atoms with Crippen LogP contribution in [0.25, 0.3) is 0 Å². The summed E-state index contributed by atoms with van der Waals surface area (Å²) >= 11 is 2.07. The largest absolute Gasteiger partial charge is 0.325 e. The molecule has 94 valence electrons. The van der Waals surface area contributed by atoms with Crippen LogP contribution in [0.15, 0.2) is 18.3 Å². The van der Waals surface area contributed by atoms with E-state index in [0.717, 1.165) is 18.8 Å². The number of thioether (sulfide) groups is 1. The summed E-state index contributed by atoms with van der Waals surface area (Å²) in [6.07, 6.45) is 1.86. The number of nitrogens with two attached hydrogens (primary N) is 1. The van der Waals surface area contributed by atoms with E-state index in [4.69, 9.17) is 5.73 Å². The predicted octanol–water partition coefficient (Wildman–Crippen LogP) is 1.87. The molecule has 1 aromatic rings. The van der Waals surface area contributed by atoms with Crippen molar-refractivity contribution in [3.63, 3.8) is 0 Å². The van der Waals surface area contributed by atoms with Gasteiger partial charge in [0.15, 0.2) is 0 Å². The van der Waals surface area contributed by atoms with Gasteiger partial charge in [0.1, 0.15) is 0 Å². The fourth-order valence-corrected chi connectivity index (χ4v) is 3.42. The van der Waals surface area contributed by atoms with E-state index in [-0.39, 0.29) is 0 Å². The highest BCUT2D eigenvalue weighted by molar-refractivity contribution is 8.00. The van der Waals surface area contributed by atoms with E-state index in [0.29, 0.717) is 11.3 Å². The smallest absolute Gasteiger partial charge is 0.0542 e. The lowest BCUT2D eigenvalue weighted by Gasteiger charge is -2.37. The van der Waals surface area contributed by atoms with Gasteiger partial charge in [-0.25, -0.2) is 0 Å². The first-order chi connectivity index (χ1) is 8.09. The lowest BCUT2D eigenvalue weighted by Crippen LogP contribution is -2.42. The fraction of sp³-hybridized carbons (Fsp3) is 0.615. The SMILES string of the molecule is CC1(C)CN(Cc2ccnc(CN)c2)CCS1. The highest BCUT2D eigenvalue weighted by atomic mass is 32.2. The third kappa shape index (κ3) is 3.69.